The molecule has 1 amide bonds. The fourth-order valence-corrected chi connectivity index (χ4v) is 3.03. The fourth-order valence-electron chi connectivity index (χ4n) is 3.03. The van der Waals surface area contributed by atoms with Gasteiger partial charge in [0.2, 0.25) is 0 Å². The number of aromatic hydroxyl groups is 1. The zero-order valence-electron chi connectivity index (χ0n) is 14.5. The molecule has 4 rings (SSSR count). The summed E-state index contributed by atoms with van der Waals surface area (Å²) in [6, 6.07) is 24.2. The zero-order chi connectivity index (χ0) is 18.6. The summed E-state index contributed by atoms with van der Waals surface area (Å²) in [6.45, 7) is 0.471. The zero-order valence-corrected chi connectivity index (χ0v) is 14.5. The van der Waals surface area contributed by atoms with Crippen LogP contribution >= 0.6 is 0 Å². The topological polar surface area (TPSA) is 65.3 Å². The van der Waals surface area contributed by atoms with Crippen LogP contribution in [0.1, 0.15) is 16.7 Å². The second-order valence-electron chi connectivity index (χ2n) is 6.15. The molecule has 0 saturated carbocycles. The molecule has 3 aromatic carbocycles. The maximum atomic E-state index is 12.9. The van der Waals surface area contributed by atoms with Gasteiger partial charge in [-0.1, -0.05) is 60.7 Å². The van der Waals surface area contributed by atoms with Crippen LogP contribution in [0.2, 0.25) is 0 Å². The third-order valence-corrected chi connectivity index (χ3v) is 4.37. The van der Waals surface area contributed by atoms with E-state index in [4.69, 9.17) is 0 Å². The van der Waals surface area contributed by atoms with Gasteiger partial charge in [0.25, 0.3) is 5.91 Å². The van der Waals surface area contributed by atoms with Gasteiger partial charge in [-0.25, -0.2) is 0 Å². The predicted molar refractivity (Wildman–Crippen MR) is 106 cm³/mol. The molecule has 3 aromatic rings. The Morgan fingerprint density at radius 1 is 0.889 bits per heavy atom. The van der Waals surface area contributed by atoms with Gasteiger partial charge in [0.05, 0.1) is 18.4 Å². The van der Waals surface area contributed by atoms with Crippen LogP contribution in [-0.2, 0) is 11.3 Å². The van der Waals surface area contributed by atoms with Crippen molar-refractivity contribution >= 4 is 23.5 Å². The predicted octanol–water partition coefficient (Wildman–Crippen LogP) is 3.76. The number of rotatable bonds is 4. The van der Waals surface area contributed by atoms with E-state index in [-0.39, 0.29) is 11.7 Å². The third-order valence-electron chi connectivity index (χ3n) is 4.37. The lowest BCUT2D eigenvalue weighted by molar-refractivity contribution is -0.112. The minimum Gasteiger partial charge on any atom is -0.507 e. The number of nitrogens with zero attached hydrogens (tertiary/aromatic N) is 3. The summed E-state index contributed by atoms with van der Waals surface area (Å²) in [4.78, 5) is 14.7. The number of hydrogen-bond acceptors (Lipinski definition) is 4. The van der Waals surface area contributed by atoms with Gasteiger partial charge in [-0.05, 0) is 23.8 Å². The van der Waals surface area contributed by atoms with Gasteiger partial charge in [-0.3, -0.25) is 4.79 Å². The number of fused-ring (bicyclic) bond motifs is 1. The van der Waals surface area contributed by atoms with Crippen molar-refractivity contribution in [3.63, 3.8) is 0 Å². The van der Waals surface area contributed by atoms with Crippen molar-refractivity contribution in [3.05, 3.63) is 95.6 Å². The van der Waals surface area contributed by atoms with Crippen molar-refractivity contribution in [2.24, 2.45) is 10.2 Å². The lowest BCUT2D eigenvalue weighted by Crippen LogP contribution is -2.29. The fraction of sp³-hybridized carbons (Fsp3) is 0.0455. The molecular formula is C22H17N3O2. The Bertz CT molecular complexity index is 1040. The lowest BCUT2D eigenvalue weighted by atomic mass is 10.1. The highest BCUT2D eigenvalue weighted by molar-refractivity contribution is 6.54. The highest BCUT2D eigenvalue weighted by Crippen LogP contribution is 2.30. The van der Waals surface area contributed by atoms with Crippen molar-refractivity contribution < 1.29 is 9.90 Å². The molecule has 0 aliphatic carbocycles. The van der Waals surface area contributed by atoms with E-state index >= 15 is 0 Å². The molecule has 5 heteroatoms. The van der Waals surface area contributed by atoms with Gasteiger partial charge >= 0.3 is 0 Å². The van der Waals surface area contributed by atoms with E-state index in [1.165, 1.54) is 6.21 Å². The molecule has 0 saturated heterocycles. The molecule has 0 unspecified atom stereocenters. The molecule has 0 fully saturated rings. The van der Waals surface area contributed by atoms with E-state index in [2.05, 4.69) is 10.2 Å². The normalized spacial score (nSPS) is 14.9. The Morgan fingerprint density at radius 3 is 2.41 bits per heavy atom. The van der Waals surface area contributed by atoms with Crippen molar-refractivity contribution in [2.45, 2.75) is 6.54 Å². The molecule has 5 nitrogen and oxygen atoms in total. The van der Waals surface area contributed by atoms with E-state index in [1.54, 1.807) is 29.2 Å². The number of anilines is 1. The van der Waals surface area contributed by atoms with Crippen LogP contribution in [0.25, 0.3) is 0 Å². The molecule has 0 atom stereocenters. The van der Waals surface area contributed by atoms with Crippen LogP contribution in [0.3, 0.4) is 0 Å². The summed E-state index contributed by atoms with van der Waals surface area (Å²) in [5.74, 6) is -0.0696. The first-order valence-electron chi connectivity index (χ1n) is 8.58. The number of phenolic OH excluding ortho intramolecular Hbond substituents is 1. The van der Waals surface area contributed by atoms with E-state index in [1.807, 2.05) is 54.6 Å². The molecular weight excluding hydrogens is 338 g/mol. The van der Waals surface area contributed by atoms with Crippen molar-refractivity contribution in [2.75, 3.05) is 4.90 Å². The van der Waals surface area contributed by atoms with Crippen LogP contribution in [-0.4, -0.2) is 22.9 Å². The standard InChI is InChI=1S/C22H17N3O2/c26-20-13-7-4-10-17(20)14-23-24-21-18-11-5-6-12-19(18)25(22(21)27)15-16-8-2-1-3-9-16/h1-14,26H,15H2/b23-14+,24-21?. The highest BCUT2D eigenvalue weighted by atomic mass is 16.3. The molecule has 0 aromatic heterocycles. The third kappa shape index (κ3) is 3.35. The van der Waals surface area contributed by atoms with Gasteiger partial charge < -0.3 is 10.0 Å². The van der Waals surface area contributed by atoms with Gasteiger partial charge in [-0.15, -0.1) is 5.10 Å². The number of amides is 1. The molecule has 132 valence electrons. The van der Waals surface area contributed by atoms with Gasteiger partial charge in [0, 0.05) is 11.1 Å². The first kappa shape index (κ1) is 16.7. The summed E-state index contributed by atoms with van der Waals surface area (Å²) in [5, 5.41) is 18.0. The SMILES string of the molecule is O=C1C(=N/N=C/c2ccccc2O)c2ccccc2N1Cc1ccccc1. The molecule has 0 radical (unpaired) electrons. The molecule has 1 aliphatic rings. The molecule has 1 heterocycles. The number of carbonyl (C=O) groups is 1. The maximum absolute atomic E-state index is 12.9. The van der Waals surface area contributed by atoms with Crippen LogP contribution in [0.4, 0.5) is 5.69 Å². The Labute approximate surface area is 156 Å². The summed E-state index contributed by atoms with van der Waals surface area (Å²) in [6.07, 6.45) is 1.44. The minimum absolute atomic E-state index is 0.116. The lowest BCUT2D eigenvalue weighted by Gasteiger charge is -2.16. The minimum atomic E-state index is -0.186. The van der Waals surface area contributed by atoms with E-state index in [0.717, 1.165) is 16.8 Å². The Balaban J connectivity index is 1.66. The van der Waals surface area contributed by atoms with Gasteiger partial charge in [0.15, 0.2) is 5.71 Å². The van der Waals surface area contributed by atoms with Crippen molar-refractivity contribution in [1.82, 2.24) is 0 Å². The van der Waals surface area contributed by atoms with E-state index in [9.17, 15) is 9.90 Å². The first-order valence-corrected chi connectivity index (χ1v) is 8.58. The molecule has 0 spiro atoms. The summed E-state index contributed by atoms with van der Waals surface area (Å²) < 4.78 is 0. The van der Waals surface area contributed by atoms with E-state index < -0.39 is 0 Å². The van der Waals surface area contributed by atoms with Crippen LogP contribution in [0.5, 0.6) is 5.75 Å². The first-order chi connectivity index (χ1) is 13.2. The quantitative estimate of drug-likeness (QED) is 0.572. The second kappa shape index (κ2) is 7.25. The maximum Gasteiger partial charge on any atom is 0.279 e. The number of carbonyl (C=O) groups excluding carboxylic acids is 1. The van der Waals surface area contributed by atoms with Crippen molar-refractivity contribution in [3.8, 4) is 5.75 Å². The average molecular weight is 355 g/mol. The van der Waals surface area contributed by atoms with Crippen LogP contribution in [0, 0.1) is 0 Å². The Kier molecular flexibility index (Phi) is 4.49. The average Bonchev–Trinajstić information content (AvgIpc) is 2.96. The van der Waals surface area contributed by atoms with Crippen LogP contribution < -0.4 is 4.90 Å². The number of phenols is 1. The molecule has 0 bridgehead atoms. The largest absolute Gasteiger partial charge is 0.507 e. The van der Waals surface area contributed by atoms with Crippen LogP contribution in [0.15, 0.2) is 89.1 Å². The molecule has 27 heavy (non-hydrogen) atoms. The summed E-state index contributed by atoms with van der Waals surface area (Å²) in [5.41, 5.74) is 3.46. The number of benzene rings is 3. The number of para-hydroxylation sites is 2. The second-order valence-corrected chi connectivity index (χ2v) is 6.15. The Hall–Kier alpha value is -3.73. The Morgan fingerprint density at radius 2 is 1.59 bits per heavy atom. The highest BCUT2D eigenvalue weighted by Gasteiger charge is 2.33. The molecule has 1 aliphatic heterocycles. The van der Waals surface area contributed by atoms with Gasteiger partial charge in [-0.2, -0.15) is 5.10 Å². The van der Waals surface area contributed by atoms with Crippen molar-refractivity contribution in [1.29, 1.82) is 0 Å². The number of hydrogen-bond donors (Lipinski definition) is 1. The smallest absolute Gasteiger partial charge is 0.279 e. The summed E-state index contributed by atoms with van der Waals surface area (Å²) >= 11 is 0. The monoisotopic (exact) mass is 355 g/mol. The summed E-state index contributed by atoms with van der Waals surface area (Å²) in [7, 11) is 0. The van der Waals surface area contributed by atoms with Gasteiger partial charge in [0.1, 0.15) is 5.75 Å². The van der Waals surface area contributed by atoms with E-state index in [0.29, 0.717) is 17.8 Å². The molecule has 1 N–H and O–H groups in total.